The van der Waals surface area contributed by atoms with Crippen molar-refractivity contribution in [3.05, 3.63) is 86.8 Å². The van der Waals surface area contributed by atoms with Crippen molar-refractivity contribution >= 4 is 17.3 Å². The molecule has 2 aromatic rings. The molecule has 176 valence electrons. The van der Waals surface area contributed by atoms with E-state index in [1.807, 2.05) is 12.1 Å². The molecule has 1 atom stereocenters. The lowest BCUT2D eigenvalue weighted by Crippen LogP contribution is -2.44. The first kappa shape index (κ1) is 21.7. The number of anilines is 1. The maximum atomic E-state index is 13.0. The molecular formula is C31H36N2O. The van der Waals surface area contributed by atoms with Gasteiger partial charge in [-0.1, -0.05) is 63.8 Å². The van der Waals surface area contributed by atoms with E-state index < -0.39 is 0 Å². The number of nitrogens with one attached hydrogen (secondary N) is 1. The van der Waals surface area contributed by atoms with Gasteiger partial charge in [0.15, 0.2) is 0 Å². The third kappa shape index (κ3) is 3.70. The van der Waals surface area contributed by atoms with E-state index in [-0.39, 0.29) is 5.56 Å². The predicted octanol–water partition coefficient (Wildman–Crippen LogP) is 5.70. The van der Waals surface area contributed by atoms with Crippen molar-refractivity contribution in [2.45, 2.75) is 82.6 Å². The molecule has 3 nitrogen and oxygen atoms in total. The summed E-state index contributed by atoms with van der Waals surface area (Å²) in [5.41, 5.74) is 6.84. The average molecular weight is 453 g/mol. The minimum absolute atomic E-state index is 0.153. The van der Waals surface area contributed by atoms with E-state index in [0.717, 1.165) is 35.7 Å². The molecule has 1 unspecified atom stereocenters. The zero-order valence-electron chi connectivity index (χ0n) is 20.4. The fourth-order valence-electron chi connectivity index (χ4n) is 6.76. The third-order valence-corrected chi connectivity index (χ3v) is 8.84. The molecule has 0 saturated heterocycles. The third-order valence-electron chi connectivity index (χ3n) is 8.84. The van der Waals surface area contributed by atoms with Gasteiger partial charge in [-0.15, -0.1) is 0 Å². The second kappa shape index (κ2) is 8.45. The Morgan fingerprint density at radius 1 is 1.00 bits per heavy atom. The molecule has 34 heavy (non-hydrogen) atoms. The first-order chi connectivity index (χ1) is 16.6. The van der Waals surface area contributed by atoms with Gasteiger partial charge in [-0.3, -0.25) is 4.79 Å². The summed E-state index contributed by atoms with van der Waals surface area (Å²) in [6.07, 6.45) is 16.5. The number of pyridine rings is 1. The Hall–Kier alpha value is -2.81. The highest BCUT2D eigenvalue weighted by molar-refractivity contribution is 5.76. The first-order valence-electron chi connectivity index (χ1n) is 13.3. The van der Waals surface area contributed by atoms with Crippen molar-refractivity contribution in [1.82, 2.24) is 4.57 Å². The maximum Gasteiger partial charge on any atom is 0.251 e. The van der Waals surface area contributed by atoms with Crippen molar-refractivity contribution in [1.29, 1.82) is 0 Å². The molecule has 3 saturated carbocycles. The Morgan fingerprint density at radius 3 is 2.44 bits per heavy atom. The number of hydrogen-bond donors (Lipinski definition) is 1. The van der Waals surface area contributed by atoms with Crippen LogP contribution in [-0.2, 0) is 5.41 Å². The molecular weight excluding hydrogens is 416 g/mol. The number of hydrogen-bond acceptors (Lipinski definition) is 2. The zero-order chi connectivity index (χ0) is 23.3. The summed E-state index contributed by atoms with van der Waals surface area (Å²) in [5, 5.41) is 6.11. The smallest absolute Gasteiger partial charge is 0.251 e. The number of aromatic nitrogens is 1. The molecule has 0 spiro atoms. The Kier molecular flexibility index (Phi) is 5.39. The number of nitrogens with zero attached hydrogens (tertiary/aromatic N) is 1. The van der Waals surface area contributed by atoms with Gasteiger partial charge >= 0.3 is 0 Å². The van der Waals surface area contributed by atoms with Gasteiger partial charge in [0.1, 0.15) is 0 Å². The lowest BCUT2D eigenvalue weighted by molar-refractivity contribution is 0.319. The van der Waals surface area contributed by atoms with E-state index in [1.165, 1.54) is 67.1 Å². The SMILES string of the molecule is C=CC1=C(Nc2ccc(C3(C)CCCCC3)cc2)C2CC2=c2c(ccc(=O)n2C2CCCC2)=C1. The summed E-state index contributed by atoms with van der Waals surface area (Å²) in [6, 6.07) is 13.3. The lowest BCUT2D eigenvalue weighted by Gasteiger charge is -2.34. The number of allylic oxidation sites excluding steroid dienone is 3. The molecule has 1 aromatic heterocycles. The van der Waals surface area contributed by atoms with E-state index in [0.29, 0.717) is 17.4 Å². The second-order valence-corrected chi connectivity index (χ2v) is 11.1. The van der Waals surface area contributed by atoms with Crippen molar-refractivity contribution in [3.8, 4) is 0 Å². The van der Waals surface area contributed by atoms with Crippen LogP contribution < -0.4 is 21.4 Å². The lowest BCUT2D eigenvalue weighted by atomic mass is 9.71. The molecule has 0 bridgehead atoms. The van der Waals surface area contributed by atoms with Gasteiger partial charge in [-0.05, 0) is 83.7 Å². The summed E-state index contributed by atoms with van der Waals surface area (Å²) in [6.45, 7) is 6.57. The van der Waals surface area contributed by atoms with Gasteiger partial charge in [0.05, 0.1) is 5.35 Å². The quantitative estimate of drug-likeness (QED) is 0.631. The Bertz CT molecular complexity index is 1330. The van der Waals surface area contributed by atoms with E-state index in [2.05, 4.69) is 53.7 Å². The Morgan fingerprint density at radius 2 is 1.74 bits per heavy atom. The van der Waals surface area contributed by atoms with Gasteiger partial charge in [-0.2, -0.15) is 0 Å². The van der Waals surface area contributed by atoms with Crippen LogP contribution in [0.3, 0.4) is 0 Å². The molecule has 3 fully saturated rings. The highest BCUT2D eigenvalue weighted by Gasteiger charge is 2.38. The fourth-order valence-corrected chi connectivity index (χ4v) is 6.76. The van der Waals surface area contributed by atoms with Crippen LogP contribution in [0.2, 0.25) is 0 Å². The van der Waals surface area contributed by atoms with Gasteiger partial charge in [0.25, 0.3) is 5.56 Å². The largest absolute Gasteiger partial charge is 0.358 e. The summed E-state index contributed by atoms with van der Waals surface area (Å²) >= 11 is 0. The molecule has 3 heteroatoms. The van der Waals surface area contributed by atoms with Gasteiger partial charge in [0.2, 0.25) is 0 Å². The van der Waals surface area contributed by atoms with Gasteiger partial charge < -0.3 is 9.88 Å². The van der Waals surface area contributed by atoms with Crippen LogP contribution in [0.1, 0.15) is 82.7 Å². The van der Waals surface area contributed by atoms with Crippen molar-refractivity contribution < 1.29 is 0 Å². The minimum Gasteiger partial charge on any atom is -0.358 e. The van der Waals surface area contributed by atoms with E-state index >= 15 is 0 Å². The number of benzene rings is 1. The summed E-state index contributed by atoms with van der Waals surface area (Å²) in [7, 11) is 0. The normalized spacial score (nSPS) is 23.6. The number of rotatable bonds is 5. The minimum atomic E-state index is 0.153. The van der Waals surface area contributed by atoms with Crippen LogP contribution in [-0.4, -0.2) is 4.57 Å². The van der Waals surface area contributed by atoms with E-state index in [4.69, 9.17) is 0 Å². The van der Waals surface area contributed by atoms with Gasteiger partial charge in [-0.25, -0.2) is 0 Å². The molecule has 4 aliphatic carbocycles. The zero-order valence-corrected chi connectivity index (χ0v) is 20.4. The standard InChI is InChI=1S/C31H36N2O/c1-3-21-19-22-11-16-28(34)33(25-9-5-6-10-25)30(22)27-20-26(27)29(21)32-24-14-12-23(13-15-24)31(2)17-7-4-8-18-31/h3,11-16,19,25-26,32H,1,4-10,17-18,20H2,2H3. The highest BCUT2D eigenvalue weighted by atomic mass is 16.1. The molecule has 4 aliphatic rings. The van der Waals surface area contributed by atoms with E-state index in [1.54, 1.807) is 6.07 Å². The molecule has 0 amide bonds. The fraction of sp³-hybridized carbons (Fsp3) is 0.452. The molecule has 0 aliphatic heterocycles. The van der Waals surface area contributed by atoms with Crippen molar-refractivity contribution in [3.63, 3.8) is 0 Å². The average Bonchev–Trinajstić information content (AvgIpc) is 3.47. The van der Waals surface area contributed by atoms with Crippen molar-refractivity contribution in [2.24, 2.45) is 5.92 Å². The van der Waals surface area contributed by atoms with E-state index in [9.17, 15) is 4.79 Å². The van der Waals surface area contributed by atoms with Crippen LogP contribution >= 0.6 is 0 Å². The first-order valence-corrected chi connectivity index (χ1v) is 13.3. The molecule has 6 rings (SSSR count). The molecule has 1 heterocycles. The van der Waals surface area contributed by atoms with Gasteiger partial charge in [0, 0.05) is 29.4 Å². The van der Waals surface area contributed by atoms with Crippen LogP contribution in [0, 0.1) is 5.92 Å². The predicted molar refractivity (Wildman–Crippen MR) is 141 cm³/mol. The summed E-state index contributed by atoms with van der Waals surface area (Å²) in [5.74, 6) is 0.343. The van der Waals surface area contributed by atoms with Crippen LogP contribution in [0.5, 0.6) is 0 Å². The monoisotopic (exact) mass is 452 g/mol. The maximum absolute atomic E-state index is 13.0. The van der Waals surface area contributed by atoms with Crippen molar-refractivity contribution in [2.75, 3.05) is 5.32 Å². The van der Waals surface area contributed by atoms with Crippen LogP contribution in [0.15, 0.2) is 65.1 Å². The topological polar surface area (TPSA) is 34.0 Å². The number of fused-ring (bicyclic) bond motifs is 2. The summed E-state index contributed by atoms with van der Waals surface area (Å²) < 4.78 is 2.12. The van der Waals surface area contributed by atoms with Crippen LogP contribution in [0.25, 0.3) is 11.6 Å². The molecule has 1 N–H and O–H groups in total. The Balaban J connectivity index is 1.35. The second-order valence-electron chi connectivity index (χ2n) is 11.1. The molecule has 0 radical (unpaired) electrons. The highest BCUT2D eigenvalue weighted by Crippen LogP contribution is 2.47. The molecule has 1 aromatic carbocycles. The Labute approximate surface area is 202 Å². The van der Waals surface area contributed by atoms with Crippen LogP contribution in [0.4, 0.5) is 5.69 Å². The summed E-state index contributed by atoms with van der Waals surface area (Å²) in [4.78, 5) is 13.0.